The average Bonchev–Trinajstić information content (AvgIpc) is 2.65. The Morgan fingerprint density at radius 3 is 2.50 bits per heavy atom. The molecule has 0 radical (unpaired) electrons. The molecule has 0 amide bonds. The number of hydrogen-bond acceptors (Lipinski definition) is 4. The SMILES string of the molecule is N#Cc1ccc(CN2CCC(Cn3nc(C(F)(F)F)ccc3=O)CC2)c(F)c1. The molecule has 1 aliphatic heterocycles. The summed E-state index contributed by atoms with van der Waals surface area (Å²) in [5, 5.41) is 12.2. The van der Waals surface area contributed by atoms with Crippen molar-refractivity contribution < 1.29 is 17.6 Å². The number of halogens is 4. The number of piperidine rings is 1. The Labute approximate surface area is 158 Å². The molecule has 0 atom stereocenters. The van der Waals surface area contributed by atoms with E-state index in [4.69, 9.17) is 5.26 Å². The Bertz CT molecular complexity index is 940. The molecule has 0 N–H and O–H groups in total. The van der Waals surface area contributed by atoms with Crippen LogP contribution in [0.4, 0.5) is 17.6 Å². The minimum Gasteiger partial charge on any atom is -0.299 e. The molecule has 148 valence electrons. The fraction of sp³-hybridized carbons (Fsp3) is 0.421. The van der Waals surface area contributed by atoms with Crippen LogP contribution >= 0.6 is 0 Å². The summed E-state index contributed by atoms with van der Waals surface area (Å²) in [7, 11) is 0. The first-order valence-electron chi connectivity index (χ1n) is 8.82. The highest BCUT2D eigenvalue weighted by Crippen LogP contribution is 2.27. The van der Waals surface area contributed by atoms with Gasteiger partial charge in [-0.05, 0) is 50.0 Å². The highest BCUT2D eigenvalue weighted by atomic mass is 19.4. The van der Waals surface area contributed by atoms with Gasteiger partial charge < -0.3 is 0 Å². The maximum atomic E-state index is 14.0. The van der Waals surface area contributed by atoms with Crippen molar-refractivity contribution in [2.24, 2.45) is 5.92 Å². The second kappa shape index (κ2) is 8.10. The summed E-state index contributed by atoms with van der Waals surface area (Å²) in [4.78, 5) is 13.9. The smallest absolute Gasteiger partial charge is 0.299 e. The van der Waals surface area contributed by atoms with Crippen molar-refractivity contribution in [1.29, 1.82) is 5.26 Å². The fourth-order valence-electron chi connectivity index (χ4n) is 3.29. The van der Waals surface area contributed by atoms with Gasteiger partial charge in [0.15, 0.2) is 5.69 Å². The van der Waals surface area contributed by atoms with Crippen molar-refractivity contribution >= 4 is 0 Å². The molecule has 1 aromatic carbocycles. The Kier molecular flexibility index (Phi) is 5.79. The van der Waals surface area contributed by atoms with Crippen LogP contribution in [-0.2, 0) is 19.3 Å². The van der Waals surface area contributed by atoms with Gasteiger partial charge in [0.05, 0.1) is 11.6 Å². The minimum absolute atomic E-state index is 0.0238. The molecule has 2 heterocycles. The largest absolute Gasteiger partial charge is 0.435 e. The number of hydrogen-bond donors (Lipinski definition) is 0. The standard InChI is InChI=1S/C19H18F4N4O/c20-16-9-14(10-24)1-2-15(16)12-26-7-5-13(6-8-26)11-27-18(28)4-3-17(25-27)19(21,22)23/h1-4,9,13H,5-8,11-12H2. The summed E-state index contributed by atoms with van der Waals surface area (Å²) in [6.07, 6.45) is -3.26. The van der Waals surface area contributed by atoms with Crippen molar-refractivity contribution in [2.75, 3.05) is 13.1 Å². The lowest BCUT2D eigenvalue weighted by Crippen LogP contribution is -2.37. The Morgan fingerprint density at radius 2 is 1.89 bits per heavy atom. The fourth-order valence-corrected chi connectivity index (χ4v) is 3.29. The predicted octanol–water partition coefficient (Wildman–Crippen LogP) is 3.19. The number of benzene rings is 1. The first-order chi connectivity index (χ1) is 13.3. The first kappa shape index (κ1) is 20.0. The molecule has 5 nitrogen and oxygen atoms in total. The minimum atomic E-state index is -4.59. The van der Waals surface area contributed by atoms with Crippen LogP contribution in [0.2, 0.25) is 0 Å². The summed E-state index contributed by atoms with van der Waals surface area (Å²) in [5.41, 5.74) is -0.886. The van der Waals surface area contributed by atoms with Gasteiger partial charge in [0.2, 0.25) is 0 Å². The van der Waals surface area contributed by atoms with Gasteiger partial charge in [-0.2, -0.15) is 23.5 Å². The van der Waals surface area contributed by atoms with Gasteiger partial charge in [-0.15, -0.1) is 0 Å². The monoisotopic (exact) mass is 394 g/mol. The van der Waals surface area contributed by atoms with E-state index in [2.05, 4.69) is 5.10 Å². The van der Waals surface area contributed by atoms with Gasteiger partial charge in [0.25, 0.3) is 5.56 Å². The number of nitrogens with zero attached hydrogens (tertiary/aromatic N) is 4. The van der Waals surface area contributed by atoms with Crippen LogP contribution in [0.25, 0.3) is 0 Å². The second-order valence-electron chi connectivity index (χ2n) is 6.87. The lowest BCUT2D eigenvalue weighted by Gasteiger charge is -2.32. The Morgan fingerprint density at radius 1 is 1.18 bits per heavy atom. The summed E-state index contributed by atoms with van der Waals surface area (Å²) >= 11 is 0. The Balaban J connectivity index is 1.59. The topological polar surface area (TPSA) is 61.9 Å². The second-order valence-corrected chi connectivity index (χ2v) is 6.87. The molecule has 3 rings (SSSR count). The highest BCUT2D eigenvalue weighted by Gasteiger charge is 2.33. The molecule has 0 saturated carbocycles. The normalized spacial score (nSPS) is 16.1. The van der Waals surface area contributed by atoms with Crippen LogP contribution in [-0.4, -0.2) is 27.8 Å². The quantitative estimate of drug-likeness (QED) is 0.748. The summed E-state index contributed by atoms with van der Waals surface area (Å²) in [6, 6.07) is 7.82. The van der Waals surface area contributed by atoms with E-state index in [0.717, 1.165) is 10.7 Å². The van der Waals surface area contributed by atoms with E-state index in [1.54, 1.807) is 12.1 Å². The number of rotatable bonds is 4. The summed E-state index contributed by atoms with van der Waals surface area (Å²) in [6.45, 7) is 1.80. The number of likely N-dealkylation sites (tertiary alicyclic amines) is 1. The predicted molar refractivity (Wildman–Crippen MR) is 92.6 cm³/mol. The van der Waals surface area contributed by atoms with E-state index >= 15 is 0 Å². The van der Waals surface area contributed by atoms with E-state index < -0.39 is 23.2 Å². The molecule has 0 aliphatic carbocycles. The molecule has 0 bridgehead atoms. The highest BCUT2D eigenvalue weighted by molar-refractivity contribution is 5.32. The lowest BCUT2D eigenvalue weighted by atomic mass is 9.96. The molecule has 2 aromatic rings. The maximum Gasteiger partial charge on any atom is 0.435 e. The van der Waals surface area contributed by atoms with E-state index in [-0.39, 0.29) is 18.0 Å². The zero-order chi connectivity index (χ0) is 20.3. The number of nitriles is 1. The van der Waals surface area contributed by atoms with Crippen LogP contribution in [0.1, 0.15) is 29.7 Å². The third-order valence-electron chi connectivity index (χ3n) is 4.87. The van der Waals surface area contributed by atoms with Gasteiger partial charge in [-0.1, -0.05) is 6.07 Å². The van der Waals surface area contributed by atoms with E-state index in [1.807, 2.05) is 11.0 Å². The molecule has 1 aliphatic rings. The first-order valence-corrected chi connectivity index (χ1v) is 8.82. The zero-order valence-electron chi connectivity index (χ0n) is 14.9. The summed E-state index contributed by atoms with van der Waals surface area (Å²) < 4.78 is 53.2. The van der Waals surface area contributed by atoms with Crippen LogP contribution in [0.3, 0.4) is 0 Å². The van der Waals surface area contributed by atoms with Crippen molar-refractivity contribution in [3.05, 3.63) is 63.3 Å². The molecule has 0 spiro atoms. The Hall–Kier alpha value is -2.73. The molecule has 0 unspecified atom stereocenters. The molecule has 1 fully saturated rings. The zero-order valence-corrected chi connectivity index (χ0v) is 14.9. The molecule has 1 aromatic heterocycles. The third-order valence-corrected chi connectivity index (χ3v) is 4.87. The van der Waals surface area contributed by atoms with Crippen molar-refractivity contribution in [3.8, 4) is 6.07 Å². The van der Waals surface area contributed by atoms with E-state index in [1.165, 1.54) is 6.07 Å². The molecule has 28 heavy (non-hydrogen) atoms. The maximum absolute atomic E-state index is 14.0. The molecular formula is C19H18F4N4O. The van der Waals surface area contributed by atoms with E-state index in [9.17, 15) is 22.4 Å². The average molecular weight is 394 g/mol. The number of alkyl halides is 3. The molecular weight excluding hydrogens is 376 g/mol. The molecule has 9 heteroatoms. The van der Waals surface area contributed by atoms with Crippen LogP contribution in [0.5, 0.6) is 0 Å². The van der Waals surface area contributed by atoms with Crippen molar-refractivity contribution in [3.63, 3.8) is 0 Å². The van der Waals surface area contributed by atoms with Gasteiger partial charge in [-0.3, -0.25) is 9.69 Å². The van der Waals surface area contributed by atoms with Crippen molar-refractivity contribution in [2.45, 2.75) is 32.1 Å². The van der Waals surface area contributed by atoms with Crippen molar-refractivity contribution in [1.82, 2.24) is 14.7 Å². The van der Waals surface area contributed by atoms with E-state index in [0.29, 0.717) is 44.1 Å². The van der Waals surface area contributed by atoms with Crippen LogP contribution in [0, 0.1) is 23.1 Å². The molecule has 1 saturated heterocycles. The van der Waals surface area contributed by atoms with Gasteiger partial charge in [0.1, 0.15) is 5.82 Å². The third kappa shape index (κ3) is 4.75. The number of aromatic nitrogens is 2. The van der Waals surface area contributed by atoms with Crippen LogP contribution in [0.15, 0.2) is 35.1 Å². The van der Waals surface area contributed by atoms with Gasteiger partial charge in [-0.25, -0.2) is 9.07 Å². The summed E-state index contributed by atoms with van der Waals surface area (Å²) in [5.74, 6) is -0.406. The van der Waals surface area contributed by atoms with Crippen LogP contribution < -0.4 is 5.56 Å². The van der Waals surface area contributed by atoms with Gasteiger partial charge >= 0.3 is 6.18 Å². The van der Waals surface area contributed by atoms with Gasteiger partial charge in [0, 0.05) is 24.7 Å². The lowest BCUT2D eigenvalue weighted by molar-refractivity contribution is -0.142.